The van der Waals surface area contributed by atoms with Gasteiger partial charge in [-0.05, 0) is 26.8 Å². The molecule has 1 aromatic heterocycles. The Labute approximate surface area is 112 Å². The quantitative estimate of drug-likeness (QED) is 0.853. The van der Waals surface area contributed by atoms with Gasteiger partial charge < -0.3 is 10.4 Å². The topological polar surface area (TPSA) is 61.3 Å². The number of hydrogen-bond donors (Lipinski definition) is 2. The fraction of sp³-hybridized carbons (Fsp3) is 0.833. The van der Waals surface area contributed by atoms with Crippen molar-refractivity contribution in [2.45, 2.75) is 51.3 Å². The monoisotopic (exact) mass is 270 g/mol. The molecule has 1 saturated carbocycles. The fourth-order valence-corrected chi connectivity index (χ4v) is 3.21. The first-order chi connectivity index (χ1) is 8.72. The molecule has 0 aliphatic heterocycles. The number of hydrogen-bond acceptors (Lipinski definition) is 6. The lowest BCUT2D eigenvalue weighted by molar-refractivity contribution is 0.0284. The van der Waals surface area contributed by atoms with E-state index in [1.54, 1.807) is 0 Å². The summed E-state index contributed by atoms with van der Waals surface area (Å²) in [6.45, 7) is 3.70. The molecule has 1 aromatic rings. The summed E-state index contributed by atoms with van der Waals surface area (Å²) < 4.78 is 4.00. The van der Waals surface area contributed by atoms with E-state index >= 15 is 0 Å². The van der Waals surface area contributed by atoms with E-state index in [2.05, 4.69) is 33.8 Å². The second kappa shape index (κ2) is 6.45. The van der Waals surface area contributed by atoms with Crippen molar-refractivity contribution >= 4 is 16.5 Å². The van der Waals surface area contributed by atoms with Crippen molar-refractivity contribution in [2.75, 3.05) is 18.9 Å². The zero-order valence-electron chi connectivity index (χ0n) is 11.1. The van der Waals surface area contributed by atoms with Gasteiger partial charge in [-0.1, -0.05) is 17.3 Å². The number of aromatic nitrogens is 2. The molecule has 18 heavy (non-hydrogen) atoms. The van der Waals surface area contributed by atoms with Gasteiger partial charge in [0, 0.05) is 30.7 Å². The Bertz CT molecular complexity index is 371. The van der Waals surface area contributed by atoms with Crippen LogP contribution in [0.2, 0.25) is 0 Å². The van der Waals surface area contributed by atoms with Crippen LogP contribution in [-0.4, -0.2) is 45.3 Å². The van der Waals surface area contributed by atoms with Gasteiger partial charge in [0.25, 0.3) is 0 Å². The Balaban J connectivity index is 1.97. The lowest BCUT2D eigenvalue weighted by Crippen LogP contribution is -2.43. The molecule has 1 heterocycles. The molecule has 2 atom stereocenters. The van der Waals surface area contributed by atoms with Crippen molar-refractivity contribution in [3.05, 3.63) is 5.69 Å². The number of aliphatic hydroxyl groups excluding tert-OH is 1. The summed E-state index contributed by atoms with van der Waals surface area (Å²) >= 11 is 1.40. The maximum absolute atomic E-state index is 10.0. The highest BCUT2D eigenvalue weighted by molar-refractivity contribution is 7.10. The lowest BCUT2D eigenvalue weighted by Gasteiger charge is -2.34. The fourth-order valence-electron chi connectivity index (χ4n) is 2.57. The van der Waals surface area contributed by atoms with Crippen molar-refractivity contribution < 1.29 is 5.11 Å². The summed E-state index contributed by atoms with van der Waals surface area (Å²) in [4.78, 5) is 2.21. The summed E-state index contributed by atoms with van der Waals surface area (Å²) in [7, 11) is 2.06. The van der Waals surface area contributed by atoms with Gasteiger partial charge in [0.1, 0.15) is 10.7 Å². The van der Waals surface area contributed by atoms with Gasteiger partial charge >= 0.3 is 0 Å². The molecular formula is C12H22N4OS. The van der Waals surface area contributed by atoms with Crippen LogP contribution in [-0.2, 0) is 6.54 Å². The molecule has 2 N–H and O–H groups in total. The van der Waals surface area contributed by atoms with Gasteiger partial charge in [-0.2, -0.15) is 0 Å². The van der Waals surface area contributed by atoms with Crippen LogP contribution in [0, 0.1) is 0 Å². The first-order valence-electron chi connectivity index (χ1n) is 6.65. The minimum Gasteiger partial charge on any atom is -0.391 e. The number of nitrogens with zero attached hydrogens (tertiary/aromatic N) is 3. The third-order valence-corrected chi connectivity index (χ3v) is 4.28. The Morgan fingerprint density at radius 3 is 2.94 bits per heavy atom. The lowest BCUT2D eigenvalue weighted by atomic mass is 9.91. The third-order valence-electron chi connectivity index (χ3n) is 3.55. The van der Waals surface area contributed by atoms with E-state index in [4.69, 9.17) is 0 Å². The molecule has 5 nitrogen and oxygen atoms in total. The first kappa shape index (κ1) is 13.7. The van der Waals surface area contributed by atoms with Gasteiger partial charge in [-0.15, -0.1) is 5.10 Å². The van der Waals surface area contributed by atoms with Gasteiger partial charge in [0.2, 0.25) is 0 Å². The normalized spacial score (nSPS) is 24.4. The zero-order chi connectivity index (χ0) is 13.0. The highest BCUT2D eigenvalue weighted by atomic mass is 32.1. The Morgan fingerprint density at radius 2 is 2.22 bits per heavy atom. The molecule has 2 unspecified atom stereocenters. The highest BCUT2D eigenvalue weighted by Crippen LogP contribution is 2.25. The van der Waals surface area contributed by atoms with Gasteiger partial charge in [-0.25, -0.2) is 0 Å². The molecule has 0 saturated heterocycles. The molecular weight excluding hydrogens is 248 g/mol. The van der Waals surface area contributed by atoms with Crippen molar-refractivity contribution in [3.8, 4) is 0 Å². The molecule has 1 aliphatic rings. The smallest absolute Gasteiger partial charge is 0.134 e. The van der Waals surface area contributed by atoms with E-state index in [1.807, 2.05) is 0 Å². The van der Waals surface area contributed by atoms with Crippen molar-refractivity contribution in [3.63, 3.8) is 0 Å². The largest absolute Gasteiger partial charge is 0.391 e. The summed E-state index contributed by atoms with van der Waals surface area (Å²) in [6, 6.07) is 0.259. The molecule has 2 rings (SSSR count). The number of anilines is 1. The third kappa shape index (κ3) is 3.18. The Hall–Kier alpha value is -0.720. The van der Waals surface area contributed by atoms with Crippen molar-refractivity contribution in [1.82, 2.24) is 14.5 Å². The van der Waals surface area contributed by atoms with E-state index in [0.29, 0.717) is 0 Å². The van der Waals surface area contributed by atoms with Crippen molar-refractivity contribution in [1.29, 1.82) is 0 Å². The minimum absolute atomic E-state index is 0.196. The number of likely N-dealkylation sites (N-methyl/N-ethyl adjacent to an activating group) is 1. The maximum atomic E-state index is 10.0. The average molecular weight is 270 g/mol. The van der Waals surface area contributed by atoms with E-state index in [9.17, 15) is 5.11 Å². The molecule has 102 valence electrons. The molecule has 1 fully saturated rings. The second-order valence-corrected chi connectivity index (χ2v) is 5.67. The molecule has 6 heteroatoms. The van der Waals surface area contributed by atoms with Gasteiger partial charge in [0.15, 0.2) is 0 Å². The minimum atomic E-state index is -0.196. The summed E-state index contributed by atoms with van der Waals surface area (Å²) in [5.41, 5.74) is 0.988. The van der Waals surface area contributed by atoms with Gasteiger partial charge in [0.05, 0.1) is 6.10 Å². The van der Waals surface area contributed by atoms with Crippen molar-refractivity contribution in [2.24, 2.45) is 0 Å². The van der Waals surface area contributed by atoms with E-state index in [0.717, 1.165) is 43.0 Å². The molecule has 0 radical (unpaired) electrons. The molecule has 0 amide bonds. The van der Waals surface area contributed by atoms with Crippen LogP contribution in [0.4, 0.5) is 5.00 Å². The number of aliphatic hydroxyl groups is 1. The number of rotatable bonds is 5. The average Bonchev–Trinajstić information content (AvgIpc) is 2.78. The van der Waals surface area contributed by atoms with Crippen LogP contribution < -0.4 is 5.32 Å². The zero-order valence-corrected chi connectivity index (χ0v) is 11.9. The first-order valence-corrected chi connectivity index (χ1v) is 7.43. The van der Waals surface area contributed by atoms with Crippen LogP contribution in [0.5, 0.6) is 0 Å². The summed E-state index contributed by atoms with van der Waals surface area (Å²) in [5.74, 6) is 0. The SMILES string of the molecule is CCNc1snnc1CN(C)C1CCCCC1O. The Kier molecular flexibility index (Phi) is 4.91. The van der Waals surface area contributed by atoms with E-state index in [-0.39, 0.29) is 12.1 Å². The van der Waals surface area contributed by atoms with Crippen LogP contribution in [0.15, 0.2) is 0 Å². The molecule has 0 bridgehead atoms. The Morgan fingerprint density at radius 1 is 1.44 bits per heavy atom. The van der Waals surface area contributed by atoms with Crippen LogP contribution >= 0.6 is 11.5 Å². The number of nitrogens with one attached hydrogen (secondary N) is 1. The van der Waals surface area contributed by atoms with Crippen LogP contribution in [0.25, 0.3) is 0 Å². The molecule has 0 spiro atoms. The van der Waals surface area contributed by atoms with E-state index < -0.39 is 0 Å². The molecule has 0 aromatic carbocycles. The second-order valence-electron chi connectivity index (χ2n) is 4.91. The van der Waals surface area contributed by atoms with Crippen LogP contribution in [0.1, 0.15) is 38.3 Å². The summed E-state index contributed by atoms with van der Waals surface area (Å²) in [6.07, 6.45) is 4.15. The highest BCUT2D eigenvalue weighted by Gasteiger charge is 2.27. The van der Waals surface area contributed by atoms with Crippen LogP contribution in [0.3, 0.4) is 0 Å². The predicted octanol–water partition coefficient (Wildman–Crippen LogP) is 1.71. The standard InChI is InChI=1S/C12H22N4OS/c1-3-13-12-9(14-15-18-12)8-16(2)10-6-4-5-7-11(10)17/h10-11,13,17H,3-8H2,1-2H3. The maximum Gasteiger partial charge on any atom is 0.134 e. The predicted molar refractivity (Wildman–Crippen MR) is 73.8 cm³/mol. The van der Waals surface area contributed by atoms with E-state index in [1.165, 1.54) is 18.0 Å². The summed E-state index contributed by atoms with van der Waals surface area (Å²) in [5, 5.41) is 18.6. The van der Waals surface area contributed by atoms with Gasteiger partial charge in [-0.3, -0.25) is 4.90 Å². The molecule has 1 aliphatic carbocycles.